The Morgan fingerprint density at radius 3 is 2.24 bits per heavy atom. The highest BCUT2D eigenvalue weighted by Gasteiger charge is 2.12. The molecule has 4 aromatic carbocycles. The van der Waals surface area contributed by atoms with Gasteiger partial charge in [-0.2, -0.15) is 0 Å². The number of ether oxygens (including phenoxy) is 2. The molecule has 0 atom stereocenters. The second-order valence-corrected chi connectivity index (χ2v) is 8.59. The number of hydrogen-bond donors (Lipinski definition) is 3. The summed E-state index contributed by atoms with van der Waals surface area (Å²) >= 11 is 0. The number of para-hydroxylation sites is 1. The van der Waals surface area contributed by atoms with Crippen LogP contribution < -0.4 is 25.4 Å². The van der Waals surface area contributed by atoms with Crippen LogP contribution in [0.4, 0.5) is 27.7 Å². The molecule has 0 fully saturated rings. The number of methoxy groups -OCH3 is 2. The smallest absolute Gasteiger partial charge is 0.323 e. The Labute approximate surface area is 220 Å². The van der Waals surface area contributed by atoms with Crippen LogP contribution in [0.1, 0.15) is 11.1 Å². The van der Waals surface area contributed by atoms with Gasteiger partial charge < -0.3 is 25.4 Å². The van der Waals surface area contributed by atoms with Gasteiger partial charge in [0, 0.05) is 35.0 Å². The molecule has 8 heteroatoms. The molecule has 0 aliphatic heterocycles. The van der Waals surface area contributed by atoms with Crippen molar-refractivity contribution in [2.45, 2.75) is 6.42 Å². The highest BCUT2D eigenvalue weighted by atomic mass is 16.5. The molecule has 0 bridgehead atoms. The van der Waals surface area contributed by atoms with Gasteiger partial charge in [-0.05, 0) is 41.8 Å². The molecule has 0 saturated heterocycles. The number of rotatable bonds is 8. The first-order valence-electron chi connectivity index (χ1n) is 12.1. The van der Waals surface area contributed by atoms with Crippen molar-refractivity contribution in [1.29, 1.82) is 0 Å². The molecule has 1 heterocycles. The van der Waals surface area contributed by atoms with Gasteiger partial charge in [0.1, 0.15) is 23.6 Å². The average molecular weight is 506 g/mol. The van der Waals surface area contributed by atoms with E-state index < -0.39 is 0 Å². The van der Waals surface area contributed by atoms with Crippen LogP contribution >= 0.6 is 0 Å². The van der Waals surface area contributed by atoms with Crippen LogP contribution in [0.2, 0.25) is 0 Å². The van der Waals surface area contributed by atoms with Crippen molar-refractivity contribution >= 4 is 39.8 Å². The number of fused-ring (bicyclic) bond motifs is 1. The molecule has 3 N–H and O–H groups in total. The molecule has 5 rings (SSSR count). The Balaban J connectivity index is 1.33. The first-order chi connectivity index (χ1) is 18.6. The monoisotopic (exact) mass is 505 g/mol. The number of benzene rings is 4. The van der Waals surface area contributed by atoms with Gasteiger partial charge in [-0.15, -0.1) is 0 Å². The predicted octanol–water partition coefficient (Wildman–Crippen LogP) is 6.63. The number of anilines is 4. The summed E-state index contributed by atoms with van der Waals surface area (Å²) in [6.07, 6.45) is 2.24. The van der Waals surface area contributed by atoms with Crippen molar-refractivity contribution in [3.05, 3.63) is 108 Å². The summed E-state index contributed by atoms with van der Waals surface area (Å²) in [6, 6.07) is 28.7. The Bertz CT molecular complexity index is 1550. The first-order valence-corrected chi connectivity index (χ1v) is 12.1. The van der Waals surface area contributed by atoms with E-state index in [4.69, 9.17) is 9.47 Å². The van der Waals surface area contributed by atoms with E-state index in [9.17, 15) is 4.79 Å². The molecule has 5 aromatic rings. The molecule has 0 spiro atoms. The fourth-order valence-electron chi connectivity index (χ4n) is 4.18. The van der Waals surface area contributed by atoms with E-state index >= 15 is 0 Å². The fourth-order valence-corrected chi connectivity index (χ4v) is 4.18. The standard InChI is InChI=1S/C30H27N5O3/c1-37-24-16-23(17-25(18-24)38-2)33-29-26-12-7-13-27(28(26)31-19-32-29)35-30(36)34-22-11-6-10-21(15-22)14-20-8-4-3-5-9-20/h3-13,15-19H,14H2,1-2H3,(H,31,32,33)(H2,34,35,36). The molecule has 190 valence electrons. The summed E-state index contributed by atoms with van der Waals surface area (Å²) in [5.74, 6) is 1.89. The first kappa shape index (κ1) is 24.6. The summed E-state index contributed by atoms with van der Waals surface area (Å²) in [4.78, 5) is 21.7. The fraction of sp³-hybridized carbons (Fsp3) is 0.100. The second kappa shape index (κ2) is 11.3. The summed E-state index contributed by atoms with van der Waals surface area (Å²) in [5, 5.41) is 9.90. The van der Waals surface area contributed by atoms with Crippen LogP contribution in [0.15, 0.2) is 97.3 Å². The molecule has 38 heavy (non-hydrogen) atoms. The largest absolute Gasteiger partial charge is 0.497 e. The molecule has 8 nitrogen and oxygen atoms in total. The highest BCUT2D eigenvalue weighted by Crippen LogP contribution is 2.31. The normalized spacial score (nSPS) is 10.6. The van der Waals surface area contributed by atoms with Gasteiger partial charge in [0.2, 0.25) is 0 Å². The summed E-state index contributed by atoms with van der Waals surface area (Å²) < 4.78 is 10.7. The highest BCUT2D eigenvalue weighted by molar-refractivity contribution is 6.07. The van der Waals surface area contributed by atoms with Crippen molar-refractivity contribution in [3.63, 3.8) is 0 Å². The van der Waals surface area contributed by atoms with Crippen LogP contribution in [-0.2, 0) is 6.42 Å². The quantitative estimate of drug-likeness (QED) is 0.219. The molecular weight excluding hydrogens is 478 g/mol. The Morgan fingerprint density at radius 2 is 1.47 bits per heavy atom. The van der Waals surface area contributed by atoms with Gasteiger partial charge in [0.25, 0.3) is 0 Å². The van der Waals surface area contributed by atoms with E-state index in [-0.39, 0.29) is 6.03 Å². The number of urea groups is 1. The lowest BCUT2D eigenvalue weighted by Gasteiger charge is -2.14. The number of nitrogens with one attached hydrogen (secondary N) is 3. The lowest BCUT2D eigenvalue weighted by molar-refractivity contribution is 0.262. The van der Waals surface area contributed by atoms with Gasteiger partial charge in [0.15, 0.2) is 0 Å². The van der Waals surface area contributed by atoms with E-state index in [1.54, 1.807) is 26.4 Å². The zero-order valence-electron chi connectivity index (χ0n) is 21.1. The third-order valence-electron chi connectivity index (χ3n) is 5.96. The number of carbonyl (C=O) groups is 1. The molecule has 2 amide bonds. The third-order valence-corrected chi connectivity index (χ3v) is 5.96. The minimum atomic E-state index is -0.361. The van der Waals surface area contributed by atoms with Gasteiger partial charge in [0.05, 0.1) is 25.4 Å². The maximum absolute atomic E-state index is 12.9. The van der Waals surface area contributed by atoms with Crippen molar-refractivity contribution in [2.24, 2.45) is 0 Å². The van der Waals surface area contributed by atoms with Crippen molar-refractivity contribution < 1.29 is 14.3 Å². The van der Waals surface area contributed by atoms with Crippen molar-refractivity contribution in [2.75, 3.05) is 30.2 Å². The van der Waals surface area contributed by atoms with Crippen molar-refractivity contribution in [1.82, 2.24) is 9.97 Å². The Morgan fingerprint density at radius 1 is 0.737 bits per heavy atom. The Hall–Kier alpha value is -5.11. The van der Waals surface area contributed by atoms with E-state index in [1.165, 1.54) is 11.9 Å². The summed E-state index contributed by atoms with van der Waals surface area (Å²) in [7, 11) is 3.20. The zero-order valence-corrected chi connectivity index (χ0v) is 21.1. The maximum atomic E-state index is 12.9. The third kappa shape index (κ3) is 5.82. The van der Waals surface area contributed by atoms with E-state index in [0.717, 1.165) is 23.1 Å². The molecule has 0 saturated carbocycles. The summed E-state index contributed by atoms with van der Waals surface area (Å²) in [5.41, 5.74) is 4.94. The average Bonchev–Trinajstić information content (AvgIpc) is 2.94. The predicted molar refractivity (Wildman–Crippen MR) is 151 cm³/mol. The molecule has 0 aliphatic rings. The van der Waals surface area contributed by atoms with Gasteiger partial charge in [-0.1, -0.05) is 48.5 Å². The van der Waals surface area contributed by atoms with Gasteiger partial charge in [-0.3, -0.25) is 0 Å². The van der Waals surface area contributed by atoms with Gasteiger partial charge >= 0.3 is 6.03 Å². The SMILES string of the molecule is COc1cc(Nc2ncnc3c(NC(=O)Nc4cccc(Cc5ccccc5)c4)cccc23)cc(OC)c1. The van der Waals surface area contributed by atoms with Crippen LogP contribution in [0.5, 0.6) is 11.5 Å². The number of hydrogen-bond acceptors (Lipinski definition) is 6. The minimum absolute atomic E-state index is 0.361. The second-order valence-electron chi connectivity index (χ2n) is 8.59. The lowest BCUT2D eigenvalue weighted by atomic mass is 10.0. The lowest BCUT2D eigenvalue weighted by Crippen LogP contribution is -2.19. The minimum Gasteiger partial charge on any atom is -0.497 e. The van der Waals surface area contributed by atoms with Crippen molar-refractivity contribution in [3.8, 4) is 11.5 Å². The van der Waals surface area contributed by atoms with E-state index in [1.807, 2.05) is 66.7 Å². The maximum Gasteiger partial charge on any atom is 0.323 e. The molecule has 0 aliphatic carbocycles. The molecular formula is C30H27N5O3. The number of carbonyl (C=O) groups excluding carboxylic acids is 1. The zero-order chi connectivity index (χ0) is 26.3. The van der Waals surface area contributed by atoms with Gasteiger partial charge in [-0.25, -0.2) is 14.8 Å². The number of nitrogens with zero attached hydrogens (tertiary/aromatic N) is 2. The number of amides is 2. The summed E-state index contributed by atoms with van der Waals surface area (Å²) in [6.45, 7) is 0. The van der Waals surface area contributed by atoms with Crippen LogP contribution in [0, 0.1) is 0 Å². The molecule has 0 radical (unpaired) electrons. The molecule has 1 aromatic heterocycles. The van der Waals surface area contributed by atoms with Crippen LogP contribution in [-0.4, -0.2) is 30.2 Å². The molecule has 0 unspecified atom stereocenters. The Kier molecular flexibility index (Phi) is 7.31. The van der Waals surface area contributed by atoms with E-state index in [2.05, 4.69) is 38.1 Å². The van der Waals surface area contributed by atoms with Crippen LogP contribution in [0.3, 0.4) is 0 Å². The van der Waals surface area contributed by atoms with Crippen LogP contribution in [0.25, 0.3) is 10.9 Å². The van der Waals surface area contributed by atoms with E-state index in [0.29, 0.717) is 34.2 Å². The topological polar surface area (TPSA) is 97.4 Å². The number of aromatic nitrogens is 2.